The molecule has 0 bridgehead atoms. The van der Waals surface area contributed by atoms with Gasteiger partial charge in [0.1, 0.15) is 0 Å². The molecule has 0 unspecified atom stereocenters. The van der Waals surface area contributed by atoms with Crippen LogP contribution in [0.1, 0.15) is 58.3 Å². The molecule has 1 saturated heterocycles. The van der Waals surface area contributed by atoms with Crippen molar-refractivity contribution in [1.82, 2.24) is 10.2 Å². The van der Waals surface area contributed by atoms with Crippen molar-refractivity contribution >= 4 is 17.8 Å². The van der Waals surface area contributed by atoms with Crippen LogP contribution in [0.25, 0.3) is 0 Å². The van der Waals surface area contributed by atoms with Crippen LogP contribution < -0.4 is 5.32 Å². The zero-order chi connectivity index (χ0) is 16.2. The fourth-order valence-corrected chi connectivity index (χ4v) is 2.37. The second-order valence-electron chi connectivity index (χ2n) is 5.66. The summed E-state index contributed by atoms with van der Waals surface area (Å²) in [5, 5.41) is 2.75. The Labute approximate surface area is 132 Å². The van der Waals surface area contributed by atoms with Gasteiger partial charge in [0.15, 0.2) is 6.61 Å². The van der Waals surface area contributed by atoms with Crippen molar-refractivity contribution in [2.75, 3.05) is 26.2 Å². The van der Waals surface area contributed by atoms with Gasteiger partial charge in [0.25, 0.3) is 5.91 Å². The van der Waals surface area contributed by atoms with Crippen LogP contribution in [-0.4, -0.2) is 48.9 Å². The van der Waals surface area contributed by atoms with E-state index < -0.39 is 5.97 Å². The number of rotatable bonds is 8. The highest BCUT2D eigenvalue weighted by Crippen LogP contribution is 2.10. The number of carbonyl (C=O) groups excluding carboxylic acids is 3. The minimum Gasteiger partial charge on any atom is -0.456 e. The smallest absolute Gasteiger partial charge is 0.306 e. The molecule has 6 nitrogen and oxygen atoms in total. The molecule has 1 aliphatic heterocycles. The first-order chi connectivity index (χ1) is 10.6. The highest BCUT2D eigenvalue weighted by molar-refractivity contribution is 5.81. The number of carbonyl (C=O) groups is 3. The van der Waals surface area contributed by atoms with Crippen LogP contribution in [0.4, 0.5) is 0 Å². The second kappa shape index (κ2) is 11.0. The molecular weight excluding hydrogens is 284 g/mol. The monoisotopic (exact) mass is 312 g/mol. The highest BCUT2D eigenvalue weighted by atomic mass is 16.5. The van der Waals surface area contributed by atoms with Gasteiger partial charge in [0.05, 0.1) is 0 Å². The predicted octanol–water partition coefficient (Wildman–Crippen LogP) is 1.63. The van der Waals surface area contributed by atoms with Crippen LogP contribution >= 0.6 is 0 Å². The standard InChI is InChI=1S/C16H28N2O4/c1-2-10-17-14(19)8-7-9-16(21)22-13-15(20)18-11-5-3-4-6-12-18/h2-13H2,1H3,(H,17,19). The third kappa shape index (κ3) is 8.00. The van der Waals surface area contributed by atoms with E-state index in [-0.39, 0.29) is 24.8 Å². The molecule has 0 aromatic heterocycles. The van der Waals surface area contributed by atoms with E-state index in [4.69, 9.17) is 4.74 Å². The zero-order valence-corrected chi connectivity index (χ0v) is 13.6. The van der Waals surface area contributed by atoms with Crippen molar-refractivity contribution in [3.05, 3.63) is 0 Å². The first-order valence-electron chi connectivity index (χ1n) is 8.33. The highest BCUT2D eigenvalue weighted by Gasteiger charge is 2.17. The Hall–Kier alpha value is -1.59. The van der Waals surface area contributed by atoms with Crippen molar-refractivity contribution in [3.63, 3.8) is 0 Å². The number of esters is 1. The van der Waals surface area contributed by atoms with Crippen LogP contribution in [0.2, 0.25) is 0 Å². The molecule has 22 heavy (non-hydrogen) atoms. The van der Waals surface area contributed by atoms with Gasteiger partial charge in [-0.25, -0.2) is 0 Å². The van der Waals surface area contributed by atoms with Gasteiger partial charge < -0.3 is 15.0 Å². The molecule has 0 atom stereocenters. The van der Waals surface area contributed by atoms with E-state index in [0.717, 1.165) is 45.2 Å². The lowest BCUT2D eigenvalue weighted by Crippen LogP contribution is -2.35. The summed E-state index contributed by atoms with van der Waals surface area (Å²) in [5.41, 5.74) is 0. The average molecular weight is 312 g/mol. The number of hydrogen-bond acceptors (Lipinski definition) is 4. The Morgan fingerprint density at radius 1 is 1.05 bits per heavy atom. The maximum atomic E-state index is 11.9. The van der Waals surface area contributed by atoms with Gasteiger partial charge >= 0.3 is 5.97 Å². The van der Waals surface area contributed by atoms with Crippen molar-refractivity contribution in [2.24, 2.45) is 0 Å². The Morgan fingerprint density at radius 3 is 2.36 bits per heavy atom. The van der Waals surface area contributed by atoms with E-state index in [2.05, 4.69) is 5.32 Å². The summed E-state index contributed by atoms with van der Waals surface area (Å²) >= 11 is 0. The minimum atomic E-state index is -0.411. The van der Waals surface area contributed by atoms with Crippen LogP contribution in [0.3, 0.4) is 0 Å². The molecule has 1 aliphatic rings. The van der Waals surface area contributed by atoms with Gasteiger partial charge in [-0.1, -0.05) is 19.8 Å². The Morgan fingerprint density at radius 2 is 1.73 bits per heavy atom. The lowest BCUT2D eigenvalue weighted by molar-refractivity contribution is -0.152. The summed E-state index contributed by atoms with van der Waals surface area (Å²) in [6.45, 7) is 3.98. The van der Waals surface area contributed by atoms with Crippen LogP contribution in [0.5, 0.6) is 0 Å². The summed E-state index contributed by atoms with van der Waals surface area (Å²) in [7, 11) is 0. The topological polar surface area (TPSA) is 75.7 Å². The molecule has 0 spiro atoms. The molecule has 0 aromatic carbocycles. The van der Waals surface area contributed by atoms with Crippen molar-refractivity contribution in [1.29, 1.82) is 0 Å². The molecule has 0 saturated carbocycles. The fourth-order valence-electron chi connectivity index (χ4n) is 2.37. The number of ether oxygens (including phenoxy) is 1. The number of hydrogen-bond donors (Lipinski definition) is 1. The number of amides is 2. The van der Waals surface area contributed by atoms with Crippen molar-refractivity contribution in [2.45, 2.75) is 58.3 Å². The Kier molecular flexibility index (Phi) is 9.26. The van der Waals surface area contributed by atoms with Gasteiger partial charge in [-0.05, 0) is 25.7 Å². The summed E-state index contributed by atoms with van der Waals surface area (Å²) in [5.74, 6) is -0.572. The van der Waals surface area contributed by atoms with Crippen LogP contribution in [-0.2, 0) is 19.1 Å². The van der Waals surface area contributed by atoms with Crippen molar-refractivity contribution < 1.29 is 19.1 Å². The fraction of sp³-hybridized carbons (Fsp3) is 0.812. The SMILES string of the molecule is CCCNC(=O)CCCC(=O)OCC(=O)N1CCCCCC1. The predicted molar refractivity (Wildman–Crippen MR) is 83.2 cm³/mol. The molecule has 0 radical (unpaired) electrons. The van der Waals surface area contributed by atoms with E-state index >= 15 is 0 Å². The van der Waals surface area contributed by atoms with Gasteiger partial charge in [-0.2, -0.15) is 0 Å². The Bertz CT molecular complexity index is 363. The van der Waals surface area contributed by atoms with E-state index in [1.54, 1.807) is 4.90 Å². The minimum absolute atomic E-state index is 0.0460. The lowest BCUT2D eigenvalue weighted by atomic mass is 10.2. The largest absolute Gasteiger partial charge is 0.456 e. The Balaban J connectivity index is 2.11. The zero-order valence-electron chi connectivity index (χ0n) is 13.6. The van der Waals surface area contributed by atoms with Gasteiger partial charge in [-0.3, -0.25) is 14.4 Å². The number of likely N-dealkylation sites (tertiary alicyclic amines) is 1. The summed E-state index contributed by atoms with van der Waals surface area (Å²) < 4.78 is 5.00. The maximum absolute atomic E-state index is 11.9. The first kappa shape index (κ1) is 18.5. The molecule has 6 heteroatoms. The second-order valence-corrected chi connectivity index (χ2v) is 5.66. The normalized spacial score (nSPS) is 15.0. The average Bonchev–Trinajstić information content (AvgIpc) is 2.79. The van der Waals surface area contributed by atoms with E-state index in [9.17, 15) is 14.4 Å². The molecule has 0 aliphatic carbocycles. The van der Waals surface area contributed by atoms with Gasteiger partial charge in [0.2, 0.25) is 5.91 Å². The molecule has 1 fully saturated rings. The summed E-state index contributed by atoms with van der Waals surface area (Å²) in [6.07, 6.45) is 6.19. The molecule has 1 rings (SSSR count). The molecular formula is C16H28N2O4. The molecule has 1 heterocycles. The third-order valence-corrected chi connectivity index (χ3v) is 3.67. The summed E-state index contributed by atoms with van der Waals surface area (Å²) in [4.78, 5) is 36.7. The van der Waals surface area contributed by atoms with E-state index in [1.165, 1.54) is 0 Å². The molecule has 1 N–H and O–H groups in total. The molecule has 126 valence electrons. The molecule has 0 aromatic rings. The quantitative estimate of drug-likeness (QED) is 0.691. The first-order valence-corrected chi connectivity index (χ1v) is 8.33. The van der Waals surface area contributed by atoms with Crippen molar-refractivity contribution in [3.8, 4) is 0 Å². The van der Waals surface area contributed by atoms with Gasteiger partial charge in [-0.15, -0.1) is 0 Å². The van der Waals surface area contributed by atoms with Crippen LogP contribution in [0, 0.1) is 0 Å². The number of nitrogens with one attached hydrogen (secondary N) is 1. The summed E-state index contributed by atoms with van der Waals surface area (Å²) in [6, 6.07) is 0. The van der Waals surface area contributed by atoms with Crippen LogP contribution in [0.15, 0.2) is 0 Å². The number of nitrogens with zero attached hydrogens (tertiary/aromatic N) is 1. The lowest BCUT2D eigenvalue weighted by Gasteiger charge is -2.19. The third-order valence-electron chi connectivity index (χ3n) is 3.67. The van der Waals surface area contributed by atoms with E-state index in [0.29, 0.717) is 19.4 Å². The van der Waals surface area contributed by atoms with Gasteiger partial charge in [0, 0.05) is 32.5 Å². The van der Waals surface area contributed by atoms with E-state index in [1.807, 2.05) is 6.92 Å². The molecule has 2 amide bonds. The maximum Gasteiger partial charge on any atom is 0.306 e.